The summed E-state index contributed by atoms with van der Waals surface area (Å²) in [6, 6.07) is 3.84. The van der Waals surface area contributed by atoms with Crippen LogP contribution in [0.4, 0.5) is 0 Å². The summed E-state index contributed by atoms with van der Waals surface area (Å²) in [5.41, 5.74) is 0. The maximum Gasteiger partial charge on any atom is 0.191 e. The molecule has 2 rings (SSSR count). The van der Waals surface area contributed by atoms with E-state index in [0.29, 0.717) is 12.5 Å². The Balaban J connectivity index is 0.00000312. The number of halogens is 1. The fourth-order valence-electron chi connectivity index (χ4n) is 2.97. The highest BCUT2D eigenvalue weighted by Crippen LogP contribution is 2.05. The molecule has 0 spiro atoms. The molecule has 0 bridgehead atoms. The number of piperazine rings is 1. The Morgan fingerprint density at radius 3 is 2.52 bits per heavy atom. The number of rotatable bonds is 8. The molecule has 0 amide bonds. The fourth-order valence-corrected chi connectivity index (χ4v) is 2.97. The van der Waals surface area contributed by atoms with E-state index in [2.05, 4.69) is 46.2 Å². The molecule has 1 fully saturated rings. The Morgan fingerprint density at radius 1 is 1.20 bits per heavy atom. The van der Waals surface area contributed by atoms with E-state index in [0.717, 1.165) is 31.4 Å². The van der Waals surface area contributed by atoms with Crippen LogP contribution in [0, 0.1) is 5.92 Å². The molecule has 2 heterocycles. The van der Waals surface area contributed by atoms with Crippen molar-refractivity contribution in [3.8, 4) is 0 Å². The summed E-state index contributed by atoms with van der Waals surface area (Å²) in [7, 11) is 0. The van der Waals surface area contributed by atoms with Gasteiger partial charge in [0.2, 0.25) is 0 Å². The molecule has 1 atom stereocenters. The second kappa shape index (κ2) is 12.5. The van der Waals surface area contributed by atoms with E-state index >= 15 is 0 Å². The summed E-state index contributed by atoms with van der Waals surface area (Å²) in [6.45, 7) is 16.1. The number of aliphatic imine (C=N–C) groups is 1. The van der Waals surface area contributed by atoms with Gasteiger partial charge < -0.3 is 24.9 Å². The molecule has 25 heavy (non-hydrogen) atoms. The van der Waals surface area contributed by atoms with Crippen LogP contribution in [-0.2, 0) is 6.54 Å². The van der Waals surface area contributed by atoms with E-state index in [4.69, 9.17) is 4.42 Å². The quantitative estimate of drug-likeness (QED) is 0.352. The second-order valence-electron chi connectivity index (χ2n) is 6.50. The minimum Gasteiger partial charge on any atom is -0.467 e. The maximum atomic E-state index is 5.33. The molecule has 0 saturated carbocycles. The zero-order valence-electron chi connectivity index (χ0n) is 15.8. The number of likely N-dealkylation sites (N-methyl/N-ethyl adjacent to an activating group) is 1. The molecular formula is C18H34IN5O. The summed E-state index contributed by atoms with van der Waals surface area (Å²) in [5.74, 6) is 2.33. The van der Waals surface area contributed by atoms with Crippen molar-refractivity contribution in [1.29, 1.82) is 0 Å². The Kier molecular flexibility index (Phi) is 11.2. The van der Waals surface area contributed by atoms with Crippen molar-refractivity contribution in [2.24, 2.45) is 10.9 Å². The molecule has 1 unspecified atom stereocenters. The van der Waals surface area contributed by atoms with E-state index < -0.39 is 0 Å². The highest BCUT2D eigenvalue weighted by Gasteiger charge is 2.17. The predicted molar refractivity (Wildman–Crippen MR) is 115 cm³/mol. The van der Waals surface area contributed by atoms with Crippen LogP contribution in [0.3, 0.4) is 0 Å². The van der Waals surface area contributed by atoms with E-state index in [1.807, 2.05) is 12.1 Å². The lowest BCUT2D eigenvalue weighted by Gasteiger charge is -2.35. The number of guanidine groups is 1. The van der Waals surface area contributed by atoms with Gasteiger partial charge in [-0.25, -0.2) is 4.99 Å². The Morgan fingerprint density at radius 2 is 1.92 bits per heavy atom. The predicted octanol–water partition coefficient (Wildman–Crippen LogP) is 2.23. The number of nitrogens with zero attached hydrogens (tertiary/aromatic N) is 3. The van der Waals surface area contributed by atoms with Gasteiger partial charge in [0.25, 0.3) is 0 Å². The molecule has 0 radical (unpaired) electrons. The molecule has 1 aromatic heterocycles. The SMILES string of the molecule is CCNC(=NCc1ccco1)NCC(C)CN1CCN(CC)CC1.I. The summed E-state index contributed by atoms with van der Waals surface area (Å²) in [6.07, 6.45) is 1.69. The van der Waals surface area contributed by atoms with Crippen molar-refractivity contribution in [2.45, 2.75) is 27.3 Å². The van der Waals surface area contributed by atoms with Gasteiger partial charge in [-0.05, 0) is 31.5 Å². The third-order valence-electron chi connectivity index (χ3n) is 4.42. The first-order valence-electron chi connectivity index (χ1n) is 9.20. The van der Waals surface area contributed by atoms with Gasteiger partial charge in [0.15, 0.2) is 5.96 Å². The monoisotopic (exact) mass is 463 g/mol. The zero-order valence-corrected chi connectivity index (χ0v) is 18.2. The van der Waals surface area contributed by atoms with Gasteiger partial charge in [0.05, 0.1) is 6.26 Å². The Hall–Kier alpha value is -0.800. The van der Waals surface area contributed by atoms with Crippen LogP contribution in [-0.4, -0.2) is 68.1 Å². The van der Waals surface area contributed by atoms with Gasteiger partial charge >= 0.3 is 0 Å². The smallest absolute Gasteiger partial charge is 0.191 e. The van der Waals surface area contributed by atoms with Crippen LogP contribution in [0.15, 0.2) is 27.8 Å². The van der Waals surface area contributed by atoms with Crippen molar-refractivity contribution >= 4 is 29.9 Å². The molecule has 0 aromatic carbocycles. The van der Waals surface area contributed by atoms with Crippen LogP contribution in [0.1, 0.15) is 26.5 Å². The second-order valence-corrected chi connectivity index (χ2v) is 6.50. The van der Waals surface area contributed by atoms with Crippen molar-refractivity contribution in [3.63, 3.8) is 0 Å². The van der Waals surface area contributed by atoms with Gasteiger partial charge in [-0.15, -0.1) is 24.0 Å². The van der Waals surface area contributed by atoms with Crippen LogP contribution in [0.2, 0.25) is 0 Å². The molecule has 1 aliphatic heterocycles. The van der Waals surface area contributed by atoms with E-state index in [9.17, 15) is 0 Å². The van der Waals surface area contributed by atoms with Gasteiger partial charge in [-0.2, -0.15) is 0 Å². The van der Waals surface area contributed by atoms with Crippen LogP contribution in [0.5, 0.6) is 0 Å². The first-order chi connectivity index (χ1) is 11.7. The first-order valence-corrected chi connectivity index (χ1v) is 9.20. The topological polar surface area (TPSA) is 56.0 Å². The molecule has 144 valence electrons. The molecule has 7 heteroatoms. The lowest BCUT2D eigenvalue weighted by atomic mass is 10.1. The van der Waals surface area contributed by atoms with Crippen molar-refractivity contribution in [2.75, 3.05) is 52.4 Å². The normalized spacial score (nSPS) is 17.8. The van der Waals surface area contributed by atoms with Crippen molar-refractivity contribution in [1.82, 2.24) is 20.4 Å². The number of furan rings is 1. The molecule has 1 saturated heterocycles. The maximum absolute atomic E-state index is 5.33. The standard InChI is InChI=1S/C18H33N5O.HI/c1-4-19-18(21-14-17-7-6-12-24-17)20-13-16(3)15-23-10-8-22(5-2)9-11-23;/h6-7,12,16H,4-5,8-11,13-15H2,1-3H3,(H2,19,20,21);1H. The lowest BCUT2D eigenvalue weighted by molar-refractivity contribution is 0.124. The first kappa shape index (κ1) is 22.2. The Bertz CT molecular complexity index is 472. The van der Waals surface area contributed by atoms with Gasteiger partial charge in [0.1, 0.15) is 12.3 Å². The number of nitrogens with one attached hydrogen (secondary N) is 2. The molecule has 1 aliphatic rings. The van der Waals surface area contributed by atoms with Crippen LogP contribution in [0.25, 0.3) is 0 Å². The van der Waals surface area contributed by atoms with Gasteiger partial charge in [0, 0.05) is 45.8 Å². The lowest BCUT2D eigenvalue weighted by Crippen LogP contribution is -2.48. The highest BCUT2D eigenvalue weighted by molar-refractivity contribution is 14.0. The molecule has 0 aliphatic carbocycles. The largest absolute Gasteiger partial charge is 0.467 e. The number of hydrogen-bond donors (Lipinski definition) is 2. The fraction of sp³-hybridized carbons (Fsp3) is 0.722. The van der Waals surface area contributed by atoms with Gasteiger partial charge in [-0.1, -0.05) is 13.8 Å². The van der Waals surface area contributed by atoms with Gasteiger partial charge in [-0.3, -0.25) is 0 Å². The summed E-state index contributed by atoms with van der Waals surface area (Å²) in [5, 5.41) is 6.75. The zero-order chi connectivity index (χ0) is 17.2. The van der Waals surface area contributed by atoms with Crippen LogP contribution >= 0.6 is 24.0 Å². The van der Waals surface area contributed by atoms with Crippen LogP contribution < -0.4 is 10.6 Å². The third kappa shape index (κ3) is 8.42. The minimum absolute atomic E-state index is 0. The van der Waals surface area contributed by atoms with E-state index in [1.165, 1.54) is 32.7 Å². The minimum atomic E-state index is 0. The molecule has 2 N–H and O–H groups in total. The average molecular weight is 463 g/mol. The van der Waals surface area contributed by atoms with E-state index in [1.54, 1.807) is 6.26 Å². The molecular weight excluding hydrogens is 429 g/mol. The summed E-state index contributed by atoms with van der Waals surface area (Å²) < 4.78 is 5.33. The third-order valence-corrected chi connectivity index (χ3v) is 4.42. The molecule has 6 nitrogen and oxygen atoms in total. The van der Waals surface area contributed by atoms with Crippen molar-refractivity contribution < 1.29 is 4.42 Å². The van der Waals surface area contributed by atoms with E-state index in [-0.39, 0.29) is 24.0 Å². The Labute approximate surface area is 169 Å². The average Bonchev–Trinajstić information content (AvgIpc) is 3.11. The highest BCUT2D eigenvalue weighted by atomic mass is 127. The van der Waals surface area contributed by atoms with Crippen molar-refractivity contribution in [3.05, 3.63) is 24.2 Å². The summed E-state index contributed by atoms with van der Waals surface area (Å²) in [4.78, 5) is 9.67. The molecule has 1 aromatic rings. The number of hydrogen-bond acceptors (Lipinski definition) is 4. The summed E-state index contributed by atoms with van der Waals surface area (Å²) >= 11 is 0.